The van der Waals surface area contributed by atoms with Crippen LogP contribution < -0.4 is 14.2 Å². The molecule has 3 aromatic rings. The Morgan fingerprint density at radius 2 is 1.50 bits per heavy atom. The van der Waals surface area contributed by atoms with E-state index in [1.807, 2.05) is 19.1 Å². The number of carbonyl (C=O) groups excluding carboxylic acids is 1. The summed E-state index contributed by atoms with van der Waals surface area (Å²) in [7, 11) is 0. The molecule has 0 bridgehead atoms. The molecule has 0 spiro atoms. The summed E-state index contributed by atoms with van der Waals surface area (Å²) in [6.07, 6.45) is -3.49. The van der Waals surface area contributed by atoms with Gasteiger partial charge in [-0.1, -0.05) is 76.6 Å². The van der Waals surface area contributed by atoms with E-state index in [0.717, 1.165) is 18.4 Å². The molecule has 8 heteroatoms. The average Bonchev–Trinajstić information content (AvgIpc) is 2.89. The van der Waals surface area contributed by atoms with Crippen molar-refractivity contribution in [3.63, 3.8) is 0 Å². The lowest BCUT2D eigenvalue weighted by molar-refractivity contribution is -0.274. The molecule has 0 saturated heterocycles. The Morgan fingerprint density at radius 3 is 2.08 bits per heavy atom. The molecule has 0 fully saturated rings. The van der Waals surface area contributed by atoms with E-state index in [1.54, 1.807) is 25.1 Å². The van der Waals surface area contributed by atoms with Crippen LogP contribution in [0.25, 0.3) is 11.1 Å². The van der Waals surface area contributed by atoms with Crippen LogP contribution in [0.2, 0.25) is 0 Å². The van der Waals surface area contributed by atoms with E-state index in [0.29, 0.717) is 29.0 Å². The van der Waals surface area contributed by atoms with Crippen LogP contribution in [0.15, 0.2) is 66.7 Å². The molecule has 3 aromatic carbocycles. The quantitative estimate of drug-likeness (QED) is 0.208. The molecule has 216 valence electrons. The molecule has 5 nitrogen and oxygen atoms in total. The predicted octanol–water partition coefficient (Wildman–Crippen LogP) is 8.63. The Morgan fingerprint density at radius 1 is 0.850 bits per heavy atom. The molecule has 0 saturated carbocycles. The lowest BCUT2D eigenvalue weighted by atomic mass is 9.87. The Labute approximate surface area is 234 Å². The van der Waals surface area contributed by atoms with Crippen LogP contribution in [0.1, 0.15) is 65.0 Å². The minimum absolute atomic E-state index is 0.0356. The van der Waals surface area contributed by atoms with Crippen molar-refractivity contribution in [1.82, 2.24) is 0 Å². The molecule has 40 heavy (non-hydrogen) atoms. The van der Waals surface area contributed by atoms with Crippen LogP contribution in [-0.4, -0.2) is 25.0 Å². The van der Waals surface area contributed by atoms with E-state index in [-0.39, 0.29) is 24.4 Å². The van der Waals surface area contributed by atoms with E-state index in [1.165, 1.54) is 29.8 Å². The number of hydrogen-bond acceptors (Lipinski definition) is 5. The number of hydrogen-bond donors (Lipinski definition) is 0. The van der Waals surface area contributed by atoms with Gasteiger partial charge < -0.3 is 18.9 Å². The standard InChI is InChI=1S/C32H37F3O5/c1-6-8-9-28(30(36)37-7-2)39-29-20-24(23-12-17-26(18-13-23)40-32(33,34)35)14-19-27(29)38-21-22-10-15-25(16-11-22)31(3,4)5/h10-20,28H,6-9,21H2,1-5H3. The third-order valence-corrected chi connectivity index (χ3v) is 6.22. The molecule has 0 aromatic heterocycles. The zero-order valence-corrected chi connectivity index (χ0v) is 23.6. The van der Waals surface area contributed by atoms with E-state index >= 15 is 0 Å². The smallest absolute Gasteiger partial charge is 0.485 e. The molecule has 1 unspecified atom stereocenters. The normalized spacial score (nSPS) is 12.5. The van der Waals surface area contributed by atoms with Gasteiger partial charge in [0.1, 0.15) is 12.4 Å². The molecule has 1 atom stereocenters. The lowest BCUT2D eigenvalue weighted by Gasteiger charge is -2.21. The highest BCUT2D eigenvalue weighted by Crippen LogP contribution is 2.36. The van der Waals surface area contributed by atoms with Gasteiger partial charge in [-0.05, 0) is 71.7 Å². The van der Waals surface area contributed by atoms with Gasteiger partial charge in [0.2, 0.25) is 0 Å². The lowest BCUT2D eigenvalue weighted by Crippen LogP contribution is -2.29. The van der Waals surface area contributed by atoms with Crippen LogP contribution in [0.4, 0.5) is 13.2 Å². The van der Waals surface area contributed by atoms with Crippen molar-refractivity contribution in [1.29, 1.82) is 0 Å². The minimum Gasteiger partial charge on any atom is -0.485 e. The highest BCUT2D eigenvalue weighted by Gasteiger charge is 2.31. The van der Waals surface area contributed by atoms with Crippen molar-refractivity contribution in [3.05, 3.63) is 77.9 Å². The second-order valence-corrected chi connectivity index (χ2v) is 10.5. The number of unbranched alkanes of at least 4 members (excludes halogenated alkanes) is 1. The number of benzene rings is 3. The maximum absolute atomic E-state index is 12.7. The average molecular weight is 559 g/mol. The molecule has 0 N–H and O–H groups in total. The monoisotopic (exact) mass is 558 g/mol. The van der Waals surface area contributed by atoms with Crippen LogP contribution >= 0.6 is 0 Å². The van der Waals surface area contributed by atoms with E-state index in [4.69, 9.17) is 14.2 Å². The van der Waals surface area contributed by atoms with Crippen LogP contribution in [0, 0.1) is 0 Å². The zero-order valence-electron chi connectivity index (χ0n) is 23.6. The molecule has 0 radical (unpaired) electrons. The van der Waals surface area contributed by atoms with Gasteiger partial charge >= 0.3 is 12.3 Å². The summed E-state index contributed by atoms with van der Waals surface area (Å²) in [5.74, 6) is 0.00544. The second-order valence-electron chi connectivity index (χ2n) is 10.5. The summed E-state index contributed by atoms with van der Waals surface area (Å²) in [6.45, 7) is 10.7. The van der Waals surface area contributed by atoms with Crippen molar-refractivity contribution >= 4 is 5.97 Å². The summed E-state index contributed by atoms with van der Waals surface area (Å²) in [4.78, 5) is 12.7. The topological polar surface area (TPSA) is 54.0 Å². The summed E-state index contributed by atoms with van der Waals surface area (Å²) < 4.78 is 59.3. The van der Waals surface area contributed by atoms with E-state index < -0.39 is 18.4 Å². The molecule has 0 aliphatic heterocycles. The van der Waals surface area contributed by atoms with Crippen molar-refractivity contribution in [2.45, 2.75) is 78.4 Å². The third-order valence-electron chi connectivity index (χ3n) is 6.22. The first kappa shape index (κ1) is 30.9. The Kier molecular flexibility index (Phi) is 10.5. The first-order valence-electron chi connectivity index (χ1n) is 13.5. The minimum atomic E-state index is -4.77. The van der Waals surface area contributed by atoms with Crippen molar-refractivity contribution in [2.75, 3.05) is 6.61 Å². The maximum Gasteiger partial charge on any atom is 0.573 e. The molecule has 0 aliphatic carbocycles. The largest absolute Gasteiger partial charge is 0.573 e. The number of rotatable bonds is 12. The summed E-state index contributed by atoms with van der Waals surface area (Å²) in [5, 5.41) is 0. The van der Waals surface area contributed by atoms with Crippen molar-refractivity contribution in [3.8, 4) is 28.4 Å². The second kappa shape index (κ2) is 13.6. The first-order valence-corrected chi connectivity index (χ1v) is 13.5. The fourth-order valence-electron chi connectivity index (χ4n) is 4.01. The van der Waals surface area contributed by atoms with E-state index in [9.17, 15) is 18.0 Å². The SMILES string of the molecule is CCCCC(Oc1cc(-c2ccc(OC(F)(F)F)cc2)ccc1OCc1ccc(C(C)(C)C)cc1)C(=O)OCC. The number of halogens is 3. The highest BCUT2D eigenvalue weighted by atomic mass is 19.4. The fraction of sp³-hybridized carbons (Fsp3) is 0.406. The first-order chi connectivity index (χ1) is 18.9. The number of ether oxygens (including phenoxy) is 4. The van der Waals surface area contributed by atoms with Gasteiger partial charge in [0, 0.05) is 0 Å². The number of carbonyl (C=O) groups is 1. The van der Waals surface area contributed by atoms with Gasteiger partial charge in [-0.3, -0.25) is 0 Å². The summed E-state index contributed by atoms with van der Waals surface area (Å²) in [5.41, 5.74) is 3.53. The molecule has 3 rings (SSSR count). The molecule has 0 aliphatic rings. The zero-order chi connectivity index (χ0) is 29.3. The molecular formula is C32H37F3O5. The number of alkyl halides is 3. The van der Waals surface area contributed by atoms with Crippen molar-refractivity contribution < 1.29 is 36.9 Å². The van der Waals surface area contributed by atoms with E-state index in [2.05, 4.69) is 37.6 Å². The summed E-state index contributed by atoms with van der Waals surface area (Å²) >= 11 is 0. The van der Waals surface area contributed by atoms with Gasteiger partial charge in [0.05, 0.1) is 6.61 Å². The molecule has 0 heterocycles. The van der Waals surface area contributed by atoms with Crippen LogP contribution in [-0.2, 0) is 21.6 Å². The Balaban J connectivity index is 1.90. The van der Waals surface area contributed by atoms with Gasteiger partial charge in [-0.25, -0.2) is 4.79 Å². The highest BCUT2D eigenvalue weighted by molar-refractivity contribution is 5.75. The maximum atomic E-state index is 12.7. The Hall–Kier alpha value is -3.68. The van der Waals surface area contributed by atoms with Crippen LogP contribution in [0.3, 0.4) is 0 Å². The third kappa shape index (κ3) is 9.21. The van der Waals surface area contributed by atoms with Gasteiger partial charge in [0.15, 0.2) is 17.6 Å². The molecular weight excluding hydrogens is 521 g/mol. The van der Waals surface area contributed by atoms with Gasteiger partial charge in [0.25, 0.3) is 0 Å². The fourth-order valence-corrected chi connectivity index (χ4v) is 4.01. The molecule has 0 amide bonds. The predicted molar refractivity (Wildman–Crippen MR) is 149 cm³/mol. The van der Waals surface area contributed by atoms with Gasteiger partial charge in [-0.15, -0.1) is 13.2 Å². The van der Waals surface area contributed by atoms with Crippen molar-refractivity contribution in [2.24, 2.45) is 0 Å². The Bertz CT molecular complexity index is 1230. The number of esters is 1. The van der Waals surface area contributed by atoms with Crippen LogP contribution in [0.5, 0.6) is 17.2 Å². The van der Waals surface area contributed by atoms with Gasteiger partial charge in [-0.2, -0.15) is 0 Å². The summed E-state index contributed by atoms with van der Waals surface area (Å²) in [6, 6.07) is 19.0.